The van der Waals surface area contributed by atoms with Crippen LogP contribution in [0.25, 0.3) is 0 Å². The molecular weight excluding hydrogens is 364 g/mol. The molecule has 5 heteroatoms. The SMILES string of the molecule is Cc1ccc(OC(C)C(=O)Nc2ccccc2C(=O)NCc2ccccc2)cc1. The maximum Gasteiger partial charge on any atom is 0.265 e. The van der Waals surface area contributed by atoms with Gasteiger partial charge in [0.2, 0.25) is 0 Å². The summed E-state index contributed by atoms with van der Waals surface area (Å²) in [5.74, 6) is 0.0397. The van der Waals surface area contributed by atoms with Gasteiger partial charge in [-0.1, -0.05) is 60.2 Å². The molecule has 0 heterocycles. The lowest BCUT2D eigenvalue weighted by atomic mass is 10.1. The van der Waals surface area contributed by atoms with Crippen LogP contribution in [0.2, 0.25) is 0 Å². The van der Waals surface area contributed by atoms with E-state index >= 15 is 0 Å². The molecule has 1 atom stereocenters. The van der Waals surface area contributed by atoms with Crippen LogP contribution in [-0.2, 0) is 11.3 Å². The molecule has 3 aromatic rings. The summed E-state index contributed by atoms with van der Waals surface area (Å²) < 4.78 is 5.70. The third-order valence-electron chi connectivity index (χ3n) is 4.43. The molecule has 2 N–H and O–H groups in total. The Morgan fingerprint density at radius 3 is 2.28 bits per heavy atom. The third-order valence-corrected chi connectivity index (χ3v) is 4.43. The Bertz CT molecular complexity index is 969. The van der Waals surface area contributed by atoms with E-state index in [1.165, 1.54) is 0 Å². The van der Waals surface area contributed by atoms with Gasteiger partial charge >= 0.3 is 0 Å². The van der Waals surface area contributed by atoms with Gasteiger partial charge in [0.25, 0.3) is 11.8 Å². The van der Waals surface area contributed by atoms with E-state index in [2.05, 4.69) is 10.6 Å². The zero-order chi connectivity index (χ0) is 20.6. The number of amides is 2. The zero-order valence-electron chi connectivity index (χ0n) is 16.5. The number of benzene rings is 3. The fourth-order valence-electron chi connectivity index (χ4n) is 2.77. The fourth-order valence-corrected chi connectivity index (χ4v) is 2.77. The zero-order valence-corrected chi connectivity index (χ0v) is 16.5. The number of anilines is 1. The van der Waals surface area contributed by atoms with Crippen LogP contribution < -0.4 is 15.4 Å². The van der Waals surface area contributed by atoms with E-state index in [-0.39, 0.29) is 11.8 Å². The second-order valence-electron chi connectivity index (χ2n) is 6.78. The highest BCUT2D eigenvalue weighted by atomic mass is 16.5. The lowest BCUT2D eigenvalue weighted by Crippen LogP contribution is -2.31. The molecule has 148 valence electrons. The van der Waals surface area contributed by atoms with Crippen LogP contribution >= 0.6 is 0 Å². The number of aryl methyl sites for hydroxylation is 1. The molecule has 0 aliphatic heterocycles. The molecule has 0 radical (unpaired) electrons. The van der Waals surface area contributed by atoms with Gasteiger partial charge in [-0.3, -0.25) is 9.59 Å². The topological polar surface area (TPSA) is 67.4 Å². The van der Waals surface area contributed by atoms with Gasteiger partial charge in [-0.05, 0) is 43.7 Å². The van der Waals surface area contributed by atoms with Crippen LogP contribution in [0.1, 0.15) is 28.4 Å². The van der Waals surface area contributed by atoms with E-state index in [1.54, 1.807) is 31.2 Å². The number of nitrogens with one attached hydrogen (secondary N) is 2. The van der Waals surface area contributed by atoms with Crippen molar-refractivity contribution in [3.63, 3.8) is 0 Å². The Morgan fingerprint density at radius 2 is 1.55 bits per heavy atom. The van der Waals surface area contributed by atoms with Crippen molar-refractivity contribution < 1.29 is 14.3 Å². The van der Waals surface area contributed by atoms with E-state index in [0.717, 1.165) is 11.1 Å². The predicted molar refractivity (Wildman–Crippen MR) is 114 cm³/mol. The van der Waals surface area contributed by atoms with Crippen molar-refractivity contribution in [1.29, 1.82) is 0 Å². The molecule has 0 aliphatic carbocycles. The van der Waals surface area contributed by atoms with Crippen molar-refractivity contribution in [3.05, 3.63) is 95.6 Å². The Hall–Kier alpha value is -3.60. The first-order valence-electron chi connectivity index (χ1n) is 9.48. The van der Waals surface area contributed by atoms with Gasteiger partial charge in [-0.2, -0.15) is 0 Å². The summed E-state index contributed by atoms with van der Waals surface area (Å²) in [6.07, 6.45) is -0.710. The van der Waals surface area contributed by atoms with Crippen LogP contribution in [0.4, 0.5) is 5.69 Å². The summed E-state index contributed by atoms with van der Waals surface area (Å²) in [6.45, 7) is 4.07. The molecule has 29 heavy (non-hydrogen) atoms. The van der Waals surface area contributed by atoms with Crippen molar-refractivity contribution in [2.24, 2.45) is 0 Å². The Labute approximate surface area is 170 Å². The summed E-state index contributed by atoms with van der Waals surface area (Å²) in [5, 5.41) is 5.68. The monoisotopic (exact) mass is 388 g/mol. The molecule has 2 amide bonds. The smallest absolute Gasteiger partial charge is 0.265 e. The highest BCUT2D eigenvalue weighted by Crippen LogP contribution is 2.18. The van der Waals surface area contributed by atoms with E-state index in [1.807, 2.05) is 61.5 Å². The first-order valence-corrected chi connectivity index (χ1v) is 9.48. The van der Waals surface area contributed by atoms with Gasteiger partial charge in [-0.15, -0.1) is 0 Å². The molecular formula is C24H24N2O3. The summed E-state index contributed by atoms with van der Waals surface area (Å²) in [6, 6.07) is 24.1. The molecule has 0 spiro atoms. The molecule has 0 saturated heterocycles. The third kappa shape index (κ3) is 5.69. The number of rotatable bonds is 7. The molecule has 0 fully saturated rings. The van der Waals surface area contributed by atoms with Crippen molar-refractivity contribution >= 4 is 17.5 Å². The van der Waals surface area contributed by atoms with Gasteiger partial charge in [0, 0.05) is 6.54 Å². The maximum atomic E-state index is 12.6. The summed E-state index contributed by atoms with van der Waals surface area (Å²) in [5.41, 5.74) is 2.97. The minimum atomic E-state index is -0.710. The predicted octanol–water partition coefficient (Wildman–Crippen LogP) is 4.33. The van der Waals surface area contributed by atoms with Gasteiger partial charge < -0.3 is 15.4 Å². The number of carbonyl (C=O) groups is 2. The van der Waals surface area contributed by atoms with Gasteiger partial charge in [0.1, 0.15) is 5.75 Å². The van der Waals surface area contributed by atoms with Crippen LogP contribution in [0.5, 0.6) is 5.75 Å². The van der Waals surface area contributed by atoms with Crippen LogP contribution in [0, 0.1) is 6.92 Å². The largest absolute Gasteiger partial charge is 0.481 e. The molecule has 0 saturated carbocycles. The molecule has 0 aliphatic rings. The minimum absolute atomic E-state index is 0.253. The number of para-hydroxylation sites is 1. The van der Waals surface area contributed by atoms with Crippen molar-refractivity contribution in [3.8, 4) is 5.75 Å². The average molecular weight is 388 g/mol. The minimum Gasteiger partial charge on any atom is -0.481 e. The van der Waals surface area contributed by atoms with E-state index < -0.39 is 6.10 Å². The Balaban J connectivity index is 1.63. The van der Waals surface area contributed by atoms with Gasteiger partial charge in [-0.25, -0.2) is 0 Å². The van der Waals surface area contributed by atoms with Crippen LogP contribution in [-0.4, -0.2) is 17.9 Å². The molecule has 0 aromatic heterocycles. The Kier molecular flexibility index (Phi) is 6.63. The summed E-state index contributed by atoms with van der Waals surface area (Å²) in [7, 11) is 0. The second-order valence-corrected chi connectivity index (χ2v) is 6.78. The second kappa shape index (κ2) is 9.55. The fraction of sp³-hybridized carbons (Fsp3) is 0.167. The number of ether oxygens (including phenoxy) is 1. The standard InChI is InChI=1S/C24H24N2O3/c1-17-12-14-20(15-13-17)29-18(2)23(27)26-22-11-7-6-10-21(22)24(28)25-16-19-8-4-3-5-9-19/h3-15,18H,16H2,1-2H3,(H,25,28)(H,26,27). The van der Waals surface area contributed by atoms with Gasteiger partial charge in [0.05, 0.1) is 11.3 Å². The quantitative estimate of drug-likeness (QED) is 0.633. The number of hydrogen-bond donors (Lipinski definition) is 2. The molecule has 3 rings (SSSR count). The summed E-state index contributed by atoms with van der Waals surface area (Å²) >= 11 is 0. The first kappa shape index (κ1) is 20.1. The van der Waals surface area contributed by atoms with E-state index in [0.29, 0.717) is 23.5 Å². The molecule has 1 unspecified atom stereocenters. The number of carbonyl (C=O) groups excluding carboxylic acids is 2. The molecule has 0 bridgehead atoms. The maximum absolute atomic E-state index is 12.6. The first-order chi connectivity index (χ1) is 14.0. The van der Waals surface area contributed by atoms with E-state index in [4.69, 9.17) is 4.74 Å². The normalized spacial score (nSPS) is 11.4. The highest BCUT2D eigenvalue weighted by molar-refractivity contribution is 6.04. The van der Waals surface area contributed by atoms with Crippen molar-refractivity contribution in [1.82, 2.24) is 5.32 Å². The lowest BCUT2D eigenvalue weighted by Gasteiger charge is -2.16. The lowest BCUT2D eigenvalue weighted by molar-refractivity contribution is -0.122. The molecule has 3 aromatic carbocycles. The highest BCUT2D eigenvalue weighted by Gasteiger charge is 2.18. The van der Waals surface area contributed by atoms with Crippen LogP contribution in [0.15, 0.2) is 78.9 Å². The average Bonchev–Trinajstić information content (AvgIpc) is 2.74. The number of hydrogen-bond acceptors (Lipinski definition) is 3. The van der Waals surface area contributed by atoms with Crippen molar-refractivity contribution in [2.75, 3.05) is 5.32 Å². The summed E-state index contributed by atoms with van der Waals surface area (Å²) in [4.78, 5) is 25.2. The van der Waals surface area contributed by atoms with E-state index in [9.17, 15) is 9.59 Å². The van der Waals surface area contributed by atoms with Crippen molar-refractivity contribution in [2.45, 2.75) is 26.5 Å². The molecule has 5 nitrogen and oxygen atoms in total. The Morgan fingerprint density at radius 1 is 0.897 bits per heavy atom. The van der Waals surface area contributed by atoms with Crippen LogP contribution in [0.3, 0.4) is 0 Å². The van der Waals surface area contributed by atoms with Gasteiger partial charge in [0.15, 0.2) is 6.10 Å².